The molecule has 2 aliphatic rings. The molecule has 2 fully saturated rings. The molecule has 1 aromatic carbocycles. The topological polar surface area (TPSA) is 35.6 Å². The summed E-state index contributed by atoms with van der Waals surface area (Å²) in [6.45, 7) is 12.0. The van der Waals surface area contributed by atoms with Crippen LogP contribution in [0.1, 0.15) is 45.1 Å². The number of nitrogens with one attached hydrogen (secondary N) is 1. The first-order chi connectivity index (χ1) is 11.5. The lowest BCUT2D eigenvalue weighted by molar-refractivity contribution is -0.124. The summed E-state index contributed by atoms with van der Waals surface area (Å²) in [4.78, 5) is 17.6. The number of amides is 1. The molecule has 1 aliphatic carbocycles. The summed E-state index contributed by atoms with van der Waals surface area (Å²) in [6, 6.07) is 6.45. The predicted octanol–water partition coefficient (Wildman–Crippen LogP) is 3.66. The maximum atomic E-state index is 12.6. The standard InChI is InChI=1S/C20H31N3O/c1-4-22-11-13-23(14-12-22)17-7-8-18(16(2)15-17)21-19(24)20(3)9-5-6-10-20/h7-8,15H,4-6,9-14H2,1-3H3,(H,21,24). The first-order valence-electron chi connectivity index (χ1n) is 9.41. The van der Waals surface area contributed by atoms with Crippen LogP contribution in [0.3, 0.4) is 0 Å². The molecule has 1 heterocycles. The first kappa shape index (κ1) is 17.3. The van der Waals surface area contributed by atoms with Crippen LogP contribution < -0.4 is 10.2 Å². The fourth-order valence-corrected chi connectivity index (χ4v) is 3.96. The lowest BCUT2D eigenvalue weighted by Gasteiger charge is -2.35. The van der Waals surface area contributed by atoms with Gasteiger partial charge in [0.15, 0.2) is 0 Å². The molecule has 4 nitrogen and oxygen atoms in total. The minimum atomic E-state index is -0.179. The van der Waals surface area contributed by atoms with Crippen molar-refractivity contribution in [2.75, 3.05) is 42.9 Å². The van der Waals surface area contributed by atoms with E-state index in [1.54, 1.807) is 0 Å². The van der Waals surface area contributed by atoms with Crippen LogP contribution in [0.5, 0.6) is 0 Å². The largest absolute Gasteiger partial charge is 0.369 e. The van der Waals surface area contributed by atoms with Crippen LogP contribution in [0.25, 0.3) is 0 Å². The Kier molecular flexibility index (Phi) is 5.14. The molecule has 1 aromatic rings. The van der Waals surface area contributed by atoms with Gasteiger partial charge in [0.2, 0.25) is 5.91 Å². The molecular weight excluding hydrogens is 298 g/mol. The maximum Gasteiger partial charge on any atom is 0.230 e. The van der Waals surface area contributed by atoms with E-state index in [-0.39, 0.29) is 11.3 Å². The van der Waals surface area contributed by atoms with Gasteiger partial charge >= 0.3 is 0 Å². The second-order valence-corrected chi connectivity index (χ2v) is 7.64. The van der Waals surface area contributed by atoms with Crippen LogP contribution in [0, 0.1) is 12.3 Å². The van der Waals surface area contributed by atoms with Crippen molar-refractivity contribution in [2.45, 2.75) is 46.5 Å². The quantitative estimate of drug-likeness (QED) is 0.916. The Hall–Kier alpha value is -1.55. The van der Waals surface area contributed by atoms with Crippen molar-refractivity contribution in [3.63, 3.8) is 0 Å². The number of piperazine rings is 1. The maximum absolute atomic E-state index is 12.6. The third kappa shape index (κ3) is 3.59. The highest BCUT2D eigenvalue weighted by Gasteiger charge is 2.36. The second-order valence-electron chi connectivity index (χ2n) is 7.64. The molecule has 0 atom stereocenters. The van der Waals surface area contributed by atoms with Crippen LogP contribution in [0.2, 0.25) is 0 Å². The van der Waals surface area contributed by atoms with Gasteiger partial charge in [-0.25, -0.2) is 0 Å². The lowest BCUT2D eigenvalue weighted by atomic mass is 9.87. The molecular formula is C20H31N3O. The van der Waals surface area contributed by atoms with Crippen LogP contribution in [-0.4, -0.2) is 43.5 Å². The highest BCUT2D eigenvalue weighted by Crippen LogP contribution is 2.38. The molecule has 3 rings (SSSR count). The number of nitrogens with zero attached hydrogens (tertiary/aromatic N) is 2. The van der Waals surface area contributed by atoms with Gasteiger partial charge in [0.1, 0.15) is 0 Å². The van der Waals surface area contributed by atoms with Gasteiger partial charge in [-0.2, -0.15) is 0 Å². The van der Waals surface area contributed by atoms with Gasteiger partial charge in [0.05, 0.1) is 0 Å². The molecule has 24 heavy (non-hydrogen) atoms. The number of carbonyl (C=O) groups is 1. The van der Waals surface area contributed by atoms with Crippen LogP contribution in [0.4, 0.5) is 11.4 Å². The van der Waals surface area contributed by atoms with Crippen molar-refractivity contribution in [2.24, 2.45) is 5.41 Å². The van der Waals surface area contributed by atoms with Gasteiger partial charge in [-0.1, -0.05) is 26.7 Å². The molecule has 0 spiro atoms. The van der Waals surface area contributed by atoms with E-state index in [1.165, 1.54) is 18.5 Å². The van der Waals surface area contributed by atoms with E-state index in [4.69, 9.17) is 0 Å². The van der Waals surface area contributed by atoms with Crippen molar-refractivity contribution >= 4 is 17.3 Å². The Morgan fingerprint density at radius 1 is 1.17 bits per heavy atom. The summed E-state index contributed by atoms with van der Waals surface area (Å²) in [5.74, 6) is 0.187. The van der Waals surface area contributed by atoms with E-state index in [0.29, 0.717) is 0 Å². The summed E-state index contributed by atoms with van der Waals surface area (Å²) in [5.41, 5.74) is 3.21. The number of aryl methyl sites for hydroxylation is 1. The predicted molar refractivity (Wildman–Crippen MR) is 101 cm³/mol. The van der Waals surface area contributed by atoms with Gasteiger partial charge in [-0.3, -0.25) is 4.79 Å². The third-order valence-electron chi connectivity index (χ3n) is 5.90. The van der Waals surface area contributed by atoms with E-state index in [9.17, 15) is 4.79 Å². The second kappa shape index (κ2) is 7.14. The number of likely N-dealkylation sites (N-methyl/N-ethyl adjacent to an activating group) is 1. The van der Waals surface area contributed by atoms with E-state index in [0.717, 1.165) is 56.8 Å². The van der Waals surface area contributed by atoms with E-state index in [2.05, 4.69) is 54.1 Å². The normalized spacial score (nSPS) is 21.0. The number of hydrogen-bond donors (Lipinski definition) is 1. The van der Waals surface area contributed by atoms with E-state index in [1.807, 2.05) is 0 Å². The van der Waals surface area contributed by atoms with Gasteiger partial charge < -0.3 is 15.1 Å². The number of rotatable bonds is 4. The van der Waals surface area contributed by atoms with Gasteiger partial charge in [0.25, 0.3) is 0 Å². The number of benzene rings is 1. The summed E-state index contributed by atoms with van der Waals surface area (Å²) < 4.78 is 0. The molecule has 0 aromatic heterocycles. The van der Waals surface area contributed by atoms with Crippen LogP contribution in [-0.2, 0) is 4.79 Å². The molecule has 4 heteroatoms. The Balaban J connectivity index is 1.65. The molecule has 1 aliphatic heterocycles. The minimum Gasteiger partial charge on any atom is -0.369 e. The summed E-state index contributed by atoms with van der Waals surface area (Å²) in [7, 11) is 0. The number of anilines is 2. The van der Waals surface area contributed by atoms with E-state index < -0.39 is 0 Å². The van der Waals surface area contributed by atoms with Gasteiger partial charge in [0, 0.05) is 43.0 Å². The molecule has 0 radical (unpaired) electrons. The smallest absolute Gasteiger partial charge is 0.230 e. The molecule has 0 unspecified atom stereocenters. The van der Waals surface area contributed by atoms with Crippen molar-refractivity contribution in [3.05, 3.63) is 23.8 Å². The summed E-state index contributed by atoms with van der Waals surface area (Å²) in [5, 5.41) is 3.17. The monoisotopic (exact) mass is 329 g/mol. The zero-order valence-corrected chi connectivity index (χ0v) is 15.4. The molecule has 1 amide bonds. The van der Waals surface area contributed by atoms with Crippen molar-refractivity contribution in [1.82, 2.24) is 4.90 Å². The Morgan fingerprint density at radius 3 is 2.42 bits per heavy atom. The van der Waals surface area contributed by atoms with E-state index >= 15 is 0 Å². The van der Waals surface area contributed by atoms with Crippen molar-refractivity contribution in [3.8, 4) is 0 Å². The zero-order chi connectivity index (χ0) is 17.2. The molecule has 132 valence electrons. The third-order valence-corrected chi connectivity index (χ3v) is 5.90. The van der Waals surface area contributed by atoms with Crippen molar-refractivity contribution in [1.29, 1.82) is 0 Å². The van der Waals surface area contributed by atoms with Gasteiger partial charge in [-0.15, -0.1) is 0 Å². The van der Waals surface area contributed by atoms with Crippen LogP contribution in [0.15, 0.2) is 18.2 Å². The summed E-state index contributed by atoms with van der Waals surface area (Å²) in [6.07, 6.45) is 4.37. The SMILES string of the molecule is CCN1CCN(c2ccc(NC(=O)C3(C)CCCC3)c(C)c2)CC1. The number of carbonyl (C=O) groups excluding carboxylic acids is 1. The van der Waals surface area contributed by atoms with Crippen molar-refractivity contribution < 1.29 is 4.79 Å². The first-order valence-corrected chi connectivity index (χ1v) is 9.41. The fraction of sp³-hybridized carbons (Fsp3) is 0.650. The Bertz CT molecular complexity index is 585. The minimum absolute atomic E-state index is 0.179. The average Bonchev–Trinajstić information content (AvgIpc) is 3.05. The van der Waals surface area contributed by atoms with Gasteiger partial charge in [-0.05, 0) is 50.1 Å². The fourth-order valence-electron chi connectivity index (χ4n) is 3.96. The molecule has 0 bridgehead atoms. The highest BCUT2D eigenvalue weighted by molar-refractivity contribution is 5.96. The molecule has 1 saturated heterocycles. The molecule has 1 N–H and O–H groups in total. The average molecular weight is 329 g/mol. The Morgan fingerprint density at radius 2 is 1.83 bits per heavy atom. The highest BCUT2D eigenvalue weighted by atomic mass is 16.2. The summed E-state index contributed by atoms with van der Waals surface area (Å²) >= 11 is 0. The number of hydrogen-bond acceptors (Lipinski definition) is 3. The lowest BCUT2D eigenvalue weighted by Crippen LogP contribution is -2.46. The Labute approximate surface area is 146 Å². The van der Waals surface area contributed by atoms with Crippen LogP contribution >= 0.6 is 0 Å². The molecule has 1 saturated carbocycles. The zero-order valence-electron chi connectivity index (χ0n) is 15.4.